The van der Waals surface area contributed by atoms with Crippen molar-refractivity contribution >= 4 is 43.2 Å². The summed E-state index contributed by atoms with van der Waals surface area (Å²) in [5.41, 5.74) is 0.879. The van der Waals surface area contributed by atoms with Gasteiger partial charge in [0, 0.05) is 41.5 Å². The summed E-state index contributed by atoms with van der Waals surface area (Å²) in [6.45, 7) is 2.18. The van der Waals surface area contributed by atoms with E-state index in [1.807, 2.05) is 24.3 Å². The van der Waals surface area contributed by atoms with Crippen LogP contribution < -0.4 is 5.32 Å². The van der Waals surface area contributed by atoms with Gasteiger partial charge >= 0.3 is 0 Å². The Balaban J connectivity index is 1.80. The number of carbonyl (C=O) groups is 1. The van der Waals surface area contributed by atoms with Crippen LogP contribution in [0.25, 0.3) is 10.6 Å². The Kier molecular flexibility index (Phi) is 5.57. The first kappa shape index (κ1) is 18.5. The topological polar surface area (TPSA) is 79.4 Å². The summed E-state index contributed by atoms with van der Waals surface area (Å²) < 4.78 is 28.1. The van der Waals surface area contributed by atoms with Crippen LogP contribution >= 0.6 is 27.3 Å². The average Bonchev–Trinajstić information content (AvgIpc) is 3.06. The summed E-state index contributed by atoms with van der Waals surface area (Å²) in [5.74, 6) is -0.143. The first-order valence-corrected chi connectivity index (χ1v) is 11.0. The number of nitrogens with one attached hydrogen (secondary N) is 1. The molecule has 0 bridgehead atoms. The van der Waals surface area contributed by atoms with Crippen LogP contribution in [0.5, 0.6) is 0 Å². The number of piperidine rings is 1. The van der Waals surface area contributed by atoms with Crippen LogP contribution in [0.15, 0.2) is 39.1 Å². The lowest BCUT2D eigenvalue weighted by molar-refractivity contribution is -0.119. The molecule has 1 aliphatic rings. The Hall–Kier alpha value is -1.29. The van der Waals surface area contributed by atoms with Gasteiger partial charge in [-0.1, -0.05) is 28.1 Å². The van der Waals surface area contributed by atoms with Crippen LogP contribution in [0.2, 0.25) is 0 Å². The van der Waals surface area contributed by atoms with Crippen LogP contribution in [0.3, 0.4) is 0 Å². The molecule has 0 spiro atoms. The number of aromatic nitrogens is 1. The molecule has 0 radical (unpaired) electrons. The van der Waals surface area contributed by atoms with Gasteiger partial charge < -0.3 is 5.32 Å². The van der Waals surface area contributed by atoms with Crippen LogP contribution in [0.4, 0.5) is 0 Å². The fourth-order valence-electron chi connectivity index (χ4n) is 2.80. The summed E-state index contributed by atoms with van der Waals surface area (Å²) >= 11 is 4.69. The number of carbonyl (C=O) groups excluding carboxylic acids is 1. The van der Waals surface area contributed by atoms with Gasteiger partial charge in [0.25, 0.3) is 10.0 Å². The first-order chi connectivity index (χ1) is 11.9. The molecule has 2 aromatic rings. The maximum atomic E-state index is 12.9. The largest absolute Gasteiger partial charge is 0.352 e. The van der Waals surface area contributed by atoms with Gasteiger partial charge in [0.2, 0.25) is 5.91 Å². The molecule has 1 unspecified atom stereocenters. The molecule has 0 aliphatic carbocycles. The lowest BCUT2D eigenvalue weighted by atomic mass is 10.1. The van der Waals surface area contributed by atoms with Crippen molar-refractivity contribution in [3.8, 4) is 10.6 Å². The van der Waals surface area contributed by atoms with Gasteiger partial charge in [-0.2, -0.15) is 4.31 Å². The average molecular weight is 444 g/mol. The molecule has 9 heteroatoms. The van der Waals surface area contributed by atoms with Crippen LogP contribution in [0.1, 0.15) is 19.8 Å². The molecule has 3 rings (SSSR count). The molecule has 6 nitrogen and oxygen atoms in total. The number of benzene rings is 1. The molecule has 1 amide bonds. The van der Waals surface area contributed by atoms with Crippen LogP contribution in [-0.2, 0) is 14.8 Å². The second-order valence-corrected chi connectivity index (χ2v) is 9.56. The minimum absolute atomic E-state index is 0.0684. The van der Waals surface area contributed by atoms with E-state index in [1.54, 1.807) is 5.38 Å². The lowest BCUT2D eigenvalue weighted by Gasteiger charge is -2.31. The number of amides is 1. The number of hydrogen-bond acceptors (Lipinski definition) is 5. The van der Waals surface area contributed by atoms with E-state index in [2.05, 4.69) is 26.2 Å². The summed E-state index contributed by atoms with van der Waals surface area (Å²) in [6, 6.07) is 7.44. The molecule has 1 aliphatic heterocycles. The first-order valence-electron chi connectivity index (χ1n) is 7.85. The third-order valence-corrected chi connectivity index (χ3v) is 7.29. The van der Waals surface area contributed by atoms with Crippen molar-refractivity contribution < 1.29 is 13.2 Å². The van der Waals surface area contributed by atoms with Crippen molar-refractivity contribution in [3.05, 3.63) is 34.1 Å². The zero-order chi connectivity index (χ0) is 18.0. The van der Waals surface area contributed by atoms with Crippen molar-refractivity contribution in [1.82, 2.24) is 14.6 Å². The molecule has 0 saturated carbocycles. The number of sulfonamides is 1. The molecule has 1 N–H and O–H groups in total. The SMILES string of the molecule is CC(=O)NC1CCCN(S(=O)(=O)c2csc(-c3ccc(Br)cc3)n2)C1. The van der Waals surface area contributed by atoms with Gasteiger partial charge in [-0.3, -0.25) is 4.79 Å². The van der Waals surface area contributed by atoms with Gasteiger partial charge in [-0.15, -0.1) is 11.3 Å². The molecular weight excluding hydrogens is 426 g/mol. The van der Waals surface area contributed by atoms with E-state index in [4.69, 9.17) is 0 Å². The molecule has 1 aromatic carbocycles. The van der Waals surface area contributed by atoms with E-state index >= 15 is 0 Å². The Bertz CT molecular complexity index is 865. The molecule has 2 heterocycles. The van der Waals surface area contributed by atoms with Gasteiger partial charge in [0.05, 0.1) is 0 Å². The van der Waals surface area contributed by atoms with Crippen molar-refractivity contribution in [2.75, 3.05) is 13.1 Å². The van der Waals surface area contributed by atoms with Crippen molar-refractivity contribution in [2.45, 2.75) is 30.8 Å². The minimum atomic E-state index is -3.65. The van der Waals surface area contributed by atoms with E-state index < -0.39 is 10.0 Å². The maximum Gasteiger partial charge on any atom is 0.261 e. The highest BCUT2D eigenvalue weighted by Gasteiger charge is 2.32. The summed E-state index contributed by atoms with van der Waals surface area (Å²) in [4.78, 5) is 15.6. The summed E-state index contributed by atoms with van der Waals surface area (Å²) in [7, 11) is -3.65. The summed E-state index contributed by atoms with van der Waals surface area (Å²) in [6.07, 6.45) is 1.50. The van der Waals surface area contributed by atoms with Gasteiger partial charge in [0.1, 0.15) is 5.01 Å². The molecule has 25 heavy (non-hydrogen) atoms. The van der Waals surface area contributed by atoms with Crippen molar-refractivity contribution in [1.29, 1.82) is 0 Å². The second-order valence-electron chi connectivity index (χ2n) is 5.90. The number of thiazole rings is 1. The molecule has 1 atom stereocenters. The Labute approximate surface area is 159 Å². The standard InChI is InChI=1S/C16H18BrN3O3S2/c1-11(21)18-14-3-2-8-20(9-14)25(22,23)15-10-24-16(19-15)12-4-6-13(17)7-5-12/h4-7,10,14H,2-3,8-9H2,1H3,(H,18,21). The monoisotopic (exact) mass is 443 g/mol. The molecule has 134 valence electrons. The fourth-order valence-corrected chi connectivity index (χ4v) is 5.66. The van der Waals surface area contributed by atoms with Crippen molar-refractivity contribution in [2.24, 2.45) is 0 Å². The van der Waals surface area contributed by atoms with Crippen LogP contribution in [-0.4, -0.2) is 42.7 Å². The lowest BCUT2D eigenvalue weighted by Crippen LogP contribution is -2.49. The Morgan fingerprint density at radius 2 is 2.08 bits per heavy atom. The quantitative estimate of drug-likeness (QED) is 0.787. The predicted molar refractivity (Wildman–Crippen MR) is 101 cm³/mol. The zero-order valence-corrected chi connectivity index (χ0v) is 16.8. The van der Waals surface area contributed by atoms with Crippen molar-refractivity contribution in [3.63, 3.8) is 0 Å². The predicted octanol–water partition coefficient (Wildman–Crippen LogP) is 2.86. The number of rotatable bonds is 4. The molecular formula is C16H18BrN3O3S2. The van der Waals surface area contributed by atoms with E-state index in [9.17, 15) is 13.2 Å². The van der Waals surface area contributed by atoms with Gasteiger partial charge in [-0.05, 0) is 25.0 Å². The Morgan fingerprint density at radius 3 is 2.76 bits per heavy atom. The second kappa shape index (κ2) is 7.53. The smallest absolute Gasteiger partial charge is 0.261 e. The highest BCUT2D eigenvalue weighted by atomic mass is 79.9. The minimum Gasteiger partial charge on any atom is -0.352 e. The molecule has 1 saturated heterocycles. The maximum absolute atomic E-state index is 12.9. The highest BCUT2D eigenvalue weighted by molar-refractivity contribution is 9.10. The zero-order valence-electron chi connectivity index (χ0n) is 13.6. The third kappa shape index (κ3) is 4.28. The Morgan fingerprint density at radius 1 is 1.36 bits per heavy atom. The van der Waals surface area contributed by atoms with Gasteiger partial charge in [-0.25, -0.2) is 13.4 Å². The van der Waals surface area contributed by atoms with E-state index in [1.165, 1.54) is 22.6 Å². The number of nitrogens with zero attached hydrogens (tertiary/aromatic N) is 2. The highest BCUT2D eigenvalue weighted by Crippen LogP contribution is 2.29. The van der Waals surface area contributed by atoms with E-state index in [0.717, 1.165) is 16.5 Å². The van der Waals surface area contributed by atoms with Gasteiger partial charge in [0.15, 0.2) is 5.03 Å². The van der Waals surface area contributed by atoms with E-state index in [0.29, 0.717) is 18.0 Å². The fraction of sp³-hybridized carbons (Fsp3) is 0.375. The van der Waals surface area contributed by atoms with Crippen LogP contribution in [0, 0.1) is 0 Å². The number of hydrogen-bond donors (Lipinski definition) is 1. The van der Waals surface area contributed by atoms with E-state index in [-0.39, 0.29) is 23.5 Å². The molecule has 1 fully saturated rings. The summed E-state index contributed by atoms with van der Waals surface area (Å²) in [5, 5.41) is 5.12. The number of halogens is 1. The normalized spacial score (nSPS) is 18.9. The third-order valence-electron chi connectivity index (χ3n) is 3.97. The molecule has 1 aromatic heterocycles.